The second-order valence-corrected chi connectivity index (χ2v) is 5.20. The van der Waals surface area contributed by atoms with Gasteiger partial charge in [0.05, 0.1) is 5.56 Å². The van der Waals surface area contributed by atoms with Crippen LogP contribution in [0.15, 0.2) is 36.5 Å². The largest absolute Gasteiger partial charge is 0.465 e. The van der Waals surface area contributed by atoms with Crippen molar-refractivity contribution in [2.24, 2.45) is 5.73 Å². The summed E-state index contributed by atoms with van der Waals surface area (Å²) in [5.41, 5.74) is 7.38. The number of carbonyl (C=O) groups excluding carboxylic acids is 1. The Labute approximate surface area is 132 Å². The van der Waals surface area contributed by atoms with Crippen LogP contribution in [0.25, 0.3) is 0 Å². The van der Waals surface area contributed by atoms with Crippen LogP contribution in [-0.4, -0.2) is 33.5 Å². The maximum Gasteiger partial charge on any atom is 0.407 e. The number of amides is 2. The van der Waals surface area contributed by atoms with Crippen LogP contribution in [0.1, 0.15) is 21.5 Å². The molecule has 2 aromatic rings. The van der Waals surface area contributed by atoms with Gasteiger partial charge in [0, 0.05) is 30.9 Å². The lowest BCUT2D eigenvalue weighted by molar-refractivity contribution is 0.0999. The normalized spacial score (nSPS) is 13.3. The van der Waals surface area contributed by atoms with E-state index in [-0.39, 0.29) is 0 Å². The number of hydrogen-bond donors (Lipinski definition) is 2. The van der Waals surface area contributed by atoms with E-state index in [2.05, 4.69) is 4.98 Å². The van der Waals surface area contributed by atoms with E-state index in [1.807, 2.05) is 18.2 Å². The number of ether oxygens (including phenoxy) is 1. The highest BCUT2D eigenvalue weighted by Gasteiger charge is 2.22. The zero-order valence-corrected chi connectivity index (χ0v) is 12.2. The molecule has 1 aromatic carbocycles. The number of nitrogens with two attached hydrogens (primary N) is 1. The van der Waals surface area contributed by atoms with Gasteiger partial charge in [-0.05, 0) is 24.1 Å². The lowest BCUT2D eigenvalue weighted by Crippen LogP contribution is -2.34. The zero-order valence-electron chi connectivity index (χ0n) is 12.2. The van der Waals surface area contributed by atoms with E-state index < -0.39 is 12.0 Å². The Morgan fingerprint density at radius 3 is 2.74 bits per heavy atom. The zero-order chi connectivity index (χ0) is 16.4. The summed E-state index contributed by atoms with van der Waals surface area (Å²) < 4.78 is 5.78. The van der Waals surface area contributed by atoms with Crippen molar-refractivity contribution in [1.29, 1.82) is 0 Å². The highest BCUT2D eigenvalue weighted by Crippen LogP contribution is 2.30. The van der Waals surface area contributed by atoms with Crippen molar-refractivity contribution in [3.8, 4) is 11.6 Å². The minimum absolute atomic E-state index is 0.310. The van der Waals surface area contributed by atoms with Gasteiger partial charge in [0.25, 0.3) is 0 Å². The fourth-order valence-corrected chi connectivity index (χ4v) is 2.53. The summed E-state index contributed by atoms with van der Waals surface area (Å²) in [4.78, 5) is 27.5. The summed E-state index contributed by atoms with van der Waals surface area (Å²) >= 11 is 0. The van der Waals surface area contributed by atoms with Crippen LogP contribution >= 0.6 is 0 Å². The number of pyridine rings is 1. The molecule has 2 amide bonds. The predicted octanol–water partition coefficient (Wildman–Crippen LogP) is 2.01. The third-order valence-electron chi connectivity index (χ3n) is 3.73. The van der Waals surface area contributed by atoms with Crippen LogP contribution in [-0.2, 0) is 13.0 Å². The third kappa shape index (κ3) is 3.08. The molecule has 1 aliphatic rings. The number of hydrogen-bond acceptors (Lipinski definition) is 4. The average molecular weight is 313 g/mol. The van der Waals surface area contributed by atoms with E-state index in [0.717, 1.165) is 11.1 Å². The Kier molecular flexibility index (Phi) is 3.84. The number of benzene rings is 1. The van der Waals surface area contributed by atoms with Gasteiger partial charge >= 0.3 is 6.09 Å². The molecule has 0 saturated heterocycles. The number of carbonyl (C=O) groups is 2. The van der Waals surface area contributed by atoms with E-state index >= 15 is 0 Å². The Morgan fingerprint density at radius 2 is 2.09 bits per heavy atom. The molecular formula is C16H15N3O4. The number of primary amides is 1. The van der Waals surface area contributed by atoms with Gasteiger partial charge in [-0.15, -0.1) is 0 Å². The van der Waals surface area contributed by atoms with E-state index in [4.69, 9.17) is 15.6 Å². The van der Waals surface area contributed by atoms with Crippen LogP contribution in [0.2, 0.25) is 0 Å². The molecule has 0 aliphatic carbocycles. The molecule has 1 aromatic heterocycles. The molecule has 0 fully saturated rings. The molecule has 1 aliphatic heterocycles. The monoisotopic (exact) mass is 313 g/mol. The first-order valence-electron chi connectivity index (χ1n) is 7.07. The van der Waals surface area contributed by atoms with E-state index in [1.54, 1.807) is 12.1 Å². The van der Waals surface area contributed by atoms with Gasteiger partial charge in [0.2, 0.25) is 11.8 Å². The van der Waals surface area contributed by atoms with E-state index in [1.165, 1.54) is 11.1 Å². The first kappa shape index (κ1) is 14.8. The van der Waals surface area contributed by atoms with Crippen molar-refractivity contribution >= 4 is 12.0 Å². The van der Waals surface area contributed by atoms with Gasteiger partial charge in [0.1, 0.15) is 5.75 Å². The smallest absolute Gasteiger partial charge is 0.407 e. The Bertz CT molecular complexity index is 758. The quantitative estimate of drug-likeness (QED) is 0.901. The van der Waals surface area contributed by atoms with Crippen molar-refractivity contribution in [3.05, 3.63) is 53.2 Å². The Morgan fingerprint density at radius 1 is 1.26 bits per heavy atom. The topological polar surface area (TPSA) is 106 Å². The molecule has 7 nitrogen and oxygen atoms in total. The summed E-state index contributed by atoms with van der Waals surface area (Å²) in [5.74, 6) is 0.450. The minimum atomic E-state index is -0.925. The molecular weight excluding hydrogens is 298 g/mol. The number of nitrogens with zero attached hydrogens (tertiary/aromatic N) is 2. The van der Waals surface area contributed by atoms with Crippen molar-refractivity contribution in [1.82, 2.24) is 9.88 Å². The molecule has 0 atom stereocenters. The summed E-state index contributed by atoms with van der Waals surface area (Å²) in [6.07, 6.45) is 1.02. The molecule has 0 radical (unpaired) electrons. The van der Waals surface area contributed by atoms with Gasteiger partial charge < -0.3 is 20.5 Å². The molecule has 7 heteroatoms. The van der Waals surface area contributed by atoms with E-state index in [0.29, 0.717) is 36.7 Å². The fraction of sp³-hybridized carbons (Fsp3) is 0.188. The summed E-state index contributed by atoms with van der Waals surface area (Å²) in [5, 5.41) is 9.09. The van der Waals surface area contributed by atoms with Crippen molar-refractivity contribution < 1.29 is 19.4 Å². The van der Waals surface area contributed by atoms with Crippen LogP contribution in [0.3, 0.4) is 0 Å². The Hall–Kier alpha value is -3.09. The standard InChI is InChI=1S/C16H15N3O4/c17-15(20)10-4-5-14(18-8-10)23-13-3-1-2-11-9-19(16(21)22)7-6-12(11)13/h1-5,8H,6-7,9H2,(H2,17,20)(H,21,22). The van der Waals surface area contributed by atoms with E-state index in [9.17, 15) is 9.59 Å². The van der Waals surface area contributed by atoms with Gasteiger partial charge in [-0.1, -0.05) is 12.1 Å². The van der Waals surface area contributed by atoms with Gasteiger partial charge in [-0.3, -0.25) is 4.79 Å². The maximum atomic E-state index is 11.1. The first-order valence-corrected chi connectivity index (χ1v) is 7.07. The van der Waals surface area contributed by atoms with Crippen molar-refractivity contribution in [2.45, 2.75) is 13.0 Å². The third-order valence-corrected chi connectivity index (χ3v) is 3.73. The highest BCUT2D eigenvalue weighted by molar-refractivity contribution is 5.92. The van der Waals surface area contributed by atoms with Crippen LogP contribution < -0.4 is 10.5 Å². The van der Waals surface area contributed by atoms with Gasteiger partial charge in [-0.2, -0.15) is 0 Å². The summed E-state index contributed by atoms with van der Waals surface area (Å²) in [7, 11) is 0. The summed E-state index contributed by atoms with van der Waals surface area (Å²) in [6.45, 7) is 0.770. The lowest BCUT2D eigenvalue weighted by atomic mass is 9.99. The second-order valence-electron chi connectivity index (χ2n) is 5.20. The number of fused-ring (bicyclic) bond motifs is 1. The SMILES string of the molecule is NC(=O)c1ccc(Oc2cccc3c2CCN(C(=O)O)C3)nc1. The minimum Gasteiger partial charge on any atom is -0.465 e. The summed E-state index contributed by atoms with van der Waals surface area (Å²) in [6, 6.07) is 8.65. The van der Waals surface area contributed by atoms with Crippen molar-refractivity contribution in [2.75, 3.05) is 6.54 Å². The predicted molar refractivity (Wildman–Crippen MR) is 81.4 cm³/mol. The maximum absolute atomic E-state index is 11.1. The fourth-order valence-electron chi connectivity index (χ4n) is 2.53. The molecule has 2 heterocycles. The number of aromatic nitrogens is 1. The number of carboxylic acid groups (broad SMARTS) is 1. The first-order chi connectivity index (χ1) is 11.0. The lowest BCUT2D eigenvalue weighted by Gasteiger charge is -2.27. The average Bonchev–Trinajstić information content (AvgIpc) is 2.55. The molecule has 0 spiro atoms. The van der Waals surface area contributed by atoms with Crippen LogP contribution in [0, 0.1) is 0 Å². The molecule has 0 unspecified atom stereocenters. The van der Waals surface area contributed by atoms with Crippen molar-refractivity contribution in [3.63, 3.8) is 0 Å². The molecule has 3 N–H and O–H groups in total. The molecule has 23 heavy (non-hydrogen) atoms. The Balaban J connectivity index is 1.83. The van der Waals surface area contributed by atoms with Crippen LogP contribution in [0.5, 0.6) is 11.6 Å². The van der Waals surface area contributed by atoms with Gasteiger partial charge in [0.15, 0.2) is 0 Å². The molecule has 0 bridgehead atoms. The second kappa shape index (κ2) is 5.96. The van der Waals surface area contributed by atoms with Gasteiger partial charge in [-0.25, -0.2) is 9.78 Å². The highest BCUT2D eigenvalue weighted by atomic mass is 16.5. The molecule has 3 rings (SSSR count). The molecule has 0 saturated carbocycles. The van der Waals surface area contributed by atoms with Crippen LogP contribution in [0.4, 0.5) is 4.79 Å². The number of rotatable bonds is 3. The molecule has 118 valence electrons.